The topological polar surface area (TPSA) is 14.2 Å². The van der Waals surface area contributed by atoms with Crippen LogP contribution in [0.25, 0.3) is 10.9 Å². The van der Waals surface area contributed by atoms with Gasteiger partial charge in [0.25, 0.3) is 0 Å². The summed E-state index contributed by atoms with van der Waals surface area (Å²) in [5.74, 6) is 1.05. The predicted octanol–water partition coefficient (Wildman–Crippen LogP) is 3.95. The van der Waals surface area contributed by atoms with Crippen molar-refractivity contribution < 1.29 is 4.74 Å². The van der Waals surface area contributed by atoms with Crippen LogP contribution in [0.1, 0.15) is 11.1 Å². The highest BCUT2D eigenvalue weighted by atomic mass is 16.5. The molecular formula is C18H17NO. The second kappa shape index (κ2) is 4.41. The first kappa shape index (κ1) is 11.6. The standard InChI is InChI=1S/C18H17NO/c1-13-6-7-18-15(10-13)11-16(20-18)12-19-9-8-14-4-2-3-5-17(14)19/h2-10,16H,11-12H2,1H3. The molecule has 1 aliphatic rings. The van der Waals surface area contributed by atoms with Crippen LogP contribution < -0.4 is 4.74 Å². The monoisotopic (exact) mass is 263 g/mol. The molecule has 0 N–H and O–H groups in total. The average molecular weight is 263 g/mol. The molecule has 0 bridgehead atoms. The normalized spacial score (nSPS) is 17.1. The van der Waals surface area contributed by atoms with Gasteiger partial charge in [-0.1, -0.05) is 35.9 Å². The van der Waals surface area contributed by atoms with E-state index >= 15 is 0 Å². The van der Waals surface area contributed by atoms with E-state index in [2.05, 4.69) is 66.2 Å². The Kier molecular flexibility index (Phi) is 2.56. The van der Waals surface area contributed by atoms with E-state index in [4.69, 9.17) is 4.74 Å². The Morgan fingerprint density at radius 1 is 1.15 bits per heavy atom. The lowest BCUT2D eigenvalue weighted by molar-refractivity contribution is 0.211. The smallest absolute Gasteiger partial charge is 0.123 e. The average Bonchev–Trinajstić information content (AvgIpc) is 3.03. The van der Waals surface area contributed by atoms with E-state index in [-0.39, 0.29) is 6.10 Å². The summed E-state index contributed by atoms with van der Waals surface area (Å²) in [7, 11) is 0. The number of rotatable bonds is 2. The zero-order valence-corrected chi connectivity index (χ0v) is 11.5. The fourth-order valence-electron chi connectivity index (χ4n) is 3.07. The maximum Gasteiger partial charge on any atom is 0.123 e. The minimum absolute atomic E-state index is 0.239. The molecule has 2 heterocycles. The highest BCUT2D eigenvalue weighted by Crippen LogP contribution is 2.30. The Bertz CT molecular complexity index is 772. The van der Waals surface area contributed by atoms with Crippen molar-refractivity contribution in [3.05, 3.63) is 65.9 Å². The van der Waals surface area contributed by atoms with Gasteiger partial charge < -0.3 is 9.30 Å². The van der Waals surface area contributed by atoms with Gasteiger partial charge >= 0.3 is 0 Å². The molecule has 0 fully saturated rings. The van der Waals surface area contributed by atoms with Gasteiger partial charge in [-0.25, -0.2) is 0 Å². The zero-order valence-electron chi connectivity index (χ0n) is 11.5. The van der Waals surface area contributed by atoms with Crippen molar-refractivity contribution in [2.75, 3.05) is 0 Å². The van der Waals surface area contributed by atoms with Crippen molar-refractivity contribution in [1.29, 1.82) is 0 Å². The van der Waals surface area contributed by atoms with Gasteiger partial charge in [-0.2, -0.15) is 0 Å². The van der Waals surface area contributed by atoms with E-state index < -0.39 is 0 Å². The van der Waals surface area contributed by atoms with Crippen molar-refractivity contribution >= 4 is 10.9 Å². The quantitative estimate of drug-likeness (QED) is 0.682. The summed E-state index contributed by atoms with van der Waals surface area (Å²) < 4.78 is 8.35. The molecule has 0 amide bonds. The molecule has 3 aromatic rings. The molecule has 1 aromatic heterocycles. The highest BCUT2D eigenvalue weighted by Gasteiger charge is 2.23. The molecule has 4 rings (SSSR count). The van der Waals surface area contributed by atoms with E-state index in [1.807, 2.05) is 0 Å². The molecule has 20 heavy (non-hydrogen) atoms. The second-order valence-electron chi connectivity index (χ2n) is 5.58. The highest BCUT2D eigenvalue weighted by molar-refractivity contribution is 5.79. The first-order chi connectivity index (χ1) is 9.79. The summed E-state index contributed by atoms with van der Waals surface area (Å²) in [5, 5.41) is 1.29. The third kappa shape index (κ3) is 1.88. The predicted molar refractivity (Wildman–Crippen MR) is 81.2 cm³/mol. The van der Waals surface area contributed by atoms with Crippen LogP contribution in [-0.2, 0) is 13.0 Å². The molecular weight excluding hydrogens is 246 g/mol. The van der Waals surface area contributed by atoms with Crippen LogP contribution in [0.2, 0.25) is 0 Å². The lowest BCUT2D eigenvalue weighted by atomic mass is 10.1. The summed E-state index contributed by atoms with van der Waals surface area (Å²) >= 11 is 0. The number of ether oxygens (including phenoxy) is 1. The Balaban J connectivity index is 1.59. The number of hydrogen-bond donors (Lipinski definition) is 0. The van der Waals surface area contributed by atoms with Gasteiger partial charge in [0.2, 0.25) is 0 Å². The second-order valence-corrected chi connectivity index (χ2v) is 5.58. The molecule has 100 valence electrons. The summed E-state index contributed by atoms with van der Waals surface area (Å²) in [4.78, 5) is 0. The van der Waals surface area contributed by atoms with E-state index in [0.29, 0.717) is 0 Å². The van der Waals surface area contributed by atoms with E-state index in [1.165, 1.54) is 22.0 Å². The van der Waals surface area contributed by atoms with Gasteiger partial charge in [-0.05, 0) is 36.1 Å². The van der Waals surface area contributed by atoms with Crippen molar-refractivity contribution in [3.63, 3.8) is 0 Å². The SMILES string of the molecule is Cc1ccc2c(c1)CC(Cn1ccc3ccccc31)O2. The van der Waals surface area contributed by atoms with Crippen LogP contribution in [0.4, 0.5) is 0 Å². The van der Waals surface area contributed by atoms with Crippen LogP contribution in [0.15, 0.2) is 54.7 Å². The van der Waals surface area contributed by atoms with Crippen LogP contribution in [0.3, 0.4) is 0 Å². The Labute approximate surface area is 118 Å². The minimum atomic E-state index is 0.239. The van der Waals surface area contributed by atoms with Gasteiger partial charge in [0.15, 0.2) is 0 Å². The third-order valence-electron chi connectivity index (χ3n) is 4.04. The van der Waals surface area contributed by atoms with Gasteiger partial charge in [0, 0.05) is 18.1 Å². The number of aryl methyl sites for hydroxylation is 1. The van der Waals surface area contributed by atoms with Gasteiger partial charge in [-0.3, -0.25) is 0 Å². The molecule has 1 unspecified atom stereocenters. The van der Waals surface area contributed by atoms with Gasteiger partial charge in [0.1, 0.15) is 11.9 Å². The number of benzene rings is 2. The molecule has 2 nitrogen and oxygen atoms in total. The minimum Gasteiger partial charge on any atom is -0.488 e. The molecule has 1 aliphatic heterocycles. The molecule has 2 heteroatoms. The van der Waals surface area contributed by atoms with Gasteiger partial charge in [-0.15, -0.1) is 0 Å². The lowest BCUT2D eigenvalue weighted by Gasteiger charge is -2.12. The van der Waals surface area contributed by atoms with Crippen molar-refractivity contribution in [3.8, 4) is 5.75 Å². The number of aromatic nitrogens is 1. The molecule has 0 saturated heterocycles. The summed E-state index contributed by atoms with van der Waals surface area (Å²) in [6.07, 6.45) is 3.40. The fourth-order valence-corrected chi connectivity index (χ4v) is 3.07. The van der Waals surface area contributed by atoms with Crippen LogP contribution in [0.5, 0.6) is 5.75 Å². The largest absolute Gasteiger partial charge is 0.488 e. The number of fused-ring (bicyclic) bond motifs is 2. The van der Waals surface area contributed by atoms with Gasteiger partial charge in [0.05, 0.1) is 6.54 Å². The van der Waals surface area contributed by atoms with Crippen LogP contribution >= 0.6 is 0 Å². The third-order valence-corrected chi connectivity index (χ3v) is 4.04. The van der Waals surface area contributed by atoms with E-state index in [1.54, 1.807) is 0 Å². The first-order valence-corrected chi connectivity index (χ1v) is 7.10. The summed E-state index contributed by atoms with van der Waals surface area (Å²) in [6, 6.07) is 17.1. The molecule has 0 radical (unpaired) electrons. The number of nitrogens with zero attached hydrogens (tertiary/aromatic N) is 1. The number of para-hydroxylation sites is 1. The summed E-state index contributed by atoms with van der Waals surface area (Å²) in [5.41, 5.74) is 3.93. The Morgan fingerprint density at radius 2 is 2.05 bits per heavy atom. The van der Waals surface area contributed by atoms with Crippen LogP contribution in [-0.4, -0.2) is 10.7 Å². The maximum absolute atomic E-state index is 6.06. The van der Waals surface area contributed by atoms with E-state index in [9.17, 15) is 0 Å². The zero-order chi connectivity index (χ0) is 13.5. The van der Waals surface area contributed by atoms with Crippen molar-refractivity contribution in [2.45, 2.75) is 26.0 Å². The number of hydrogen-bond acceptors (Lipinski definition) is 1. The molecule has 0 saturated carbocycles. The fraction of sp³-hybridized carbons (Fsp3) is 0.222. The van der Waals surface area contributed by atoms with E-state index in [0.717, 1.165) is 18.7 Å². The lowest BCUT2D eigenvalue weighted by Crippen LogP contribution is -2.20. The first-order valence-electron chi connectivity index (χ1n) is 7.10. The maximum atomic E-state index is 6.06. The Hall–Kier alpha value is -2.22. The molecule has 1 atom stereocenters. The Morgan fingerprint density at radius 3 is 3.00 bits per heavy atom. The van der Waals surface area contributed by atoms with Crippen molar-refractivity contribution in [2.24, 2.45) is 0 Å². The molecule has 0 spiro atoms. The molecule has 0 aliphatic carbocycles. The summed E-state index contributed by atoms with van der Waals surface area (Å²) in [6.45, 7) is 3.04. The van der Waals surface area contributed by atoms with Crippen LogP contribution in [0, 0.1) is 6.92 Å². The molecule has 2 aromatic carbocycles. The van der Waals surface area contributed by atoms with Crippen molar-refractivity contribution in [1.82, 2.24) is 4.57 Å².